The molecule has 2 aromatic carbocycles. The summed E-state index contributed by atoms with van der Waals surface area (Å²) in [7, 11) is 0. The number of benzene rings is 2. The second-order valence-electron chi connectivity index (χ2n) is 7.94. The van der Waals surface area contributed by atoms with Gasteiger partial charge in [-0.3, -0.25) is 4.99 Å². The molecule has 0 atom stereocenters. The Kier molecular flexibility index (Phi) is 5.12. The van der Waals surface area contributed by atoms with Gasteiger partial charge >= 0.3 is 0 Å². The molecule has 1 N–H and O–H groups in total. The standard InChI is InChI=1S/C25H22ClN5/c1-15(2)18-7-3-4-8-19(18)22-17(12-16-6-5-9-20(26)23(16)31-22)13-28-25-24-21(10-11-27-24)29-14-30-25/h3-9,11-12,14-15H,10,13H2,1-2H3,(H,28,29,30). The Balaban J connectivity index is 1.63. The number of hydrogen-bond donors (Lipinski definition) is 1. The van der Waals surface area contributed by atoms with Crippen molar-refractivity contribution in [3.05, 3.63) is 76.7 Å². The van der Waals surface area contributed by atoms with E-state index in [-0.39, 0.29) is 0 Å². The number of para-hydroxylation sites is 1. The maximum Gasteiger partial charge on any atom is 0.155 e. The Morgan fingerprint density at radius 1 is 1.06 bits per heavy atom. The van der Waals surface area contributed by atoms with Gasteiger partial charge in [0, 0.05) is 30.1 Å². The zero-order valence-corrected chi connectivity index (χ0v) is 18.2. The zero-order valence-electron chi connectivity index (χ0n) is 17.4. The lowest BCUT2D eigenvalue weighted by molar-refractivity contribution is 0.867. The van der Waals surface area contributed by atoms with E-state index in [1.807, 2.05) is 24.4 Å². The number of aliphatic imine (C=N–C) groups is 1. The number of nitrogens with one attached hydrogen (secondary N) is 1. The molecule has 5 nitrogen and oxygen atoms in total. The van der Waals surface area contributed by atoms with E-state index in [0.29, 0.717) is 17.5 Å². The van der Waals surface area contributed by atoms with Crippen LogP contribution in [0.4, 0.5) is 11.5 Å². The van der Waals surface area contributed by atoms with Crippen LogP contribution in [-0.4, -0.2) is 21.2 Å². The van der Waals surface area contributed by atoms with E-state index >= 15 is 0 Å². The van der Waals surface area contributed by atoms with Crippen molar-refractivity contribution in [3.8, 4) is 11.3 Å². The largest absolute Gasteiger partial charge is 0.364 e. The van der Waals surface area contributed by atoms with E-state index in [2.05, 4.69) is 64.5 Å². The van der Waals surface area contributed by atoms with Gasteiger partial charge in [0.05, 0.1) is 21.9 Å². The molecule has 31 heavy (non-hydrogen) atoms. The fraction of sp³-hybridized carbons (Fsp3) is 0.200. The van der Waals surface area contributed by atoms with Gasteiger partial charge in [0.1, 0.15) is 12.0 Å². The zero-order chi connectivity index (χ0) is 21.4. The van der Waals surface area contributed by atoms with Crippen LogP contribution in [0.15, 0.2) is 59.9 Å². The minimum atomic E-state index is 0.375. The molecule has 0 fully saturated rings. The second-order valence-corrected chi connectivity index (χ2v) is 8.34. The van der Waals surface area contributed by atoms with Crippen LogP contribution in [0.2, 0.25) is 5.02 Å². The molecule has 6 heteroatoms. The van der Waals surface area contributed by atoms with Crippen molar-refractivity contribution in [3.63, 3.8) is 0 Å². The van der Waals surface area contributed by atoms with Crippen LogP contribution in [-0.2, 0) is 13.0 Å². The van der Waals surface area contributed by atoms with Crippen molar-refractivity contribution in [2.45, 2.75) is 32.7 Å². The van der Waals surface area contributed by atoms with Crippen LogP contribution in [0.5, 0.6) is 0 Å². The predicted molar refractivity (Wildman–Crippen MR) is 127 cm³/mol. The van der Waals surface area contributed by atoms with Crippen molar-refractivity contribution >= 4 is 40.2 Å². The molecule has 0 radical (unpaired) electrons. The highest BCUT2D eigenvalue weighted by atomic mass is 35.5. The maximum atomic E-state index is 6.50. The van der Waals surface area contributed by atoms with Gasteiger partial charge < -0.3 is 5.32 Å². The molecule has 0 aliphatic carbocycles. The first-order valence-electron chi connectivity index (χ1n) is 10.4. The van der Waals surface area contributed by atoms with Crippen LogP contribution >= 0.6 is 11.6 Å². The van der Waals surface area contributed by atoms with E-state index in [1.54, 1.807) is 6.33 Å². The van der Waals surface area contributed by atoms with Crippen LogP contribution in [0.1, 0.15) is 36.6 Å². The minimum Gasteiger partial charge on any atom is -0.364 e. The van der Waals surface area contributed by atoms with Crippen molar-refractivity contribution < 1.29 is 0 Å². The molecule has 2 aromatic heterocycles. The number of nitrogens with zero attached hydrogens (tertiary/aromatic N) is 4. The van der Waals surface area contributed by atoms with Gasteiger partial charge in [-0.15, -0.1) is 0 Å². The summed E-state index contributed by atoms with van der Waals surface area (Å²) in [6.07, 6.45) is 4.20. The molecule has 1 aliphatic rings. The molecule has 4 aromatic rings. The van der Waals surface area contributed by atoms with Crippen molar-refractivity contribution in [2.75, 3.05) is 5.32 Å². The highest BCUT2D eigenvalue weighted by molar-refractivity contribution is 6.35. The minimum absolute atomic E-state index is 0.375. The van der Waals surface area contributed by atoms with E-state index in [9.17, 15) is 0 Å². The van der Waals surface area contributed by atoms with Crippen molar-refractivity contribution in [1.29, 1.82) is 0 Å². The summed E-state index contributed by atoms with van der Waals surface area (Å²) in [5.74, 6) is 1.12. The lowest BCUT2D eigenvalue weighted by Gasteiger charge is -2.17. The van der Waals surface area contributed by atoms with E-state index in [0.717, 1.165) is 51.3 Å². The molecular weight excluding hydrogens is 406 g/mol. The molecule has 3 heterocycles. The number of anilines is 1. The van der Waals surface area contributed by atoms with Crippen LogP contribution in [0.25, 0.3) is 22.2 Å². The van der Waals surface area contributed by atoms with E-state index in [1.165, 1.54) is 5.56 Å². The topological polar surface area (TPSA) is 63.1 Å². The highest BCUT2D eigenvalue weighted by Gasteiger charge is 2.18. The molecule has 5 rings (SSSR count). The maximum absolute atomic E-state index is 6.50. The van der Waals surface area contributed by atoms with Crippen molar-refractivity contribution in [1.82, 2.24) is 15.0 Å². The summed E-state index contributed by atoms with van der Waals surface area (Å²) in [5, 5.41) is 5.13. The Hall–Kier alpha value is -3.31. The average molecular weight is 428 g/mol. The van der Waals surface area contributed by atoms with E-state index < -0.39 is 0 Å². The third kappa shape index (κ3) is 3.66. The quantitative estimate of drug-likeness (QED) is 0.403. The average Bonchev–Trinajstić information content (AvgIpc) is 3.27. The number of fused-ring (bicyclic) bond motifs is 2. The van der Waals surface area contributed by atoms with Gasteiger partial charge in [0.15, 0.2) is 5.82 Å². The molecule has 1 aliphatic heterocycles. The van der Waals surface area contributed by atoms with Gasteiger partial charge in [-0.25, -0.2) is 15.0 Å². The molecule has 0 spiro atoms. The van der Waals surface area contributed by atoms with Crippen molar-refractivity contribution in [2.24, 2.45) is 4.99 Å². The predicted octanol–water partition coefficient (Wildman–Crippen LogP) is 6.34. The molecule has 0 bridgehead atoms. The molecule has 154 valence electrons. The smallest absolute Gasteiger partial charge is 0.155 e. The van der Waals surface area contributed by atoms with Crippen LogP contribution in [0, 0.1) is 0 Å². The lowest BCUT2D eigenvalue weighted by Crippen LogP contribution is -2.06. The van der Waals surface area contributed by atoms with Gasteiger partial charge in [0.2, 0.25) is 0 Å². The summed E-state index contributed by atoms with van der Waals surface area (Å²) in [5.41, 5.74) is 6.99. The van der Waals surface area contributed by atoms with Gasteiger partial charge in [-0.1, -0.05) is 61.8 Å². The number of halogens is 1. The third-order valence-electron chi connectivity index (χ3n) is 5.56. The van der Waals surface area contributed by atoms with Crippen LogP contribution < -0.4 is 5.32 Å². The number of aromatic nitrogens is 3. The summed E-state index contributed by atoms with van der Waals surface area (Å²) < 4.78 is 0. The Morgan fingerprint density at radius 2 is 1.94 bits per heavy atom. The first-order valence-corrected chi connectivity index (χ1v) is 10.8. The second kappa shape index (κ2) is 8.08. The summed E-state index contributed by atoms with van der Waals surface area (Å²) in [4.78, 5) is 18.2. The van der Waals surface area contributed by atoms with Gasteiger partial charge in [-0.05, 0) is 29.2 Å². The number of hydrogen-bond acceptors (Lipinski definition) is 5. The molecule has 0 amide bonds. The highest BCUT2D eigenvalue weighted by Crippen LogP contribution is 2.35. The SMILES string of the molecule is CC(C)c1ccccc1-c1nc2c(Cl)cccc2cc1CNc1ncnc2c1N=CC2. The Labute approximate surface area is 186 Å². The number of pyridine rings is 1. The molecular formula is C25H22ClN5. The van der Waals surface area contributed by atoms with Gasteiger partial charge in [0.25, 0.3) is 0 Å². The molecule has 0 unspecified atom stereocenters. The first kappa shape index (κ1) is 19.6. The Morgan fingerprint density at radius 3 is 2.81 bits per heavy atom. The summed E-state index contributed by atoms with van der Waals surface area (Å²) >= 11 is 6.50. The lowest BCUT2D eigenvalue weighted by atomic mass is 9.92. The fourth-order valence-corrected chi connectivity index (χ4v) is 4.25. The monoisotopic (exact) mass is 427 g/mol. The Bertz CT molecular complexity index is 1310. The fourth-order valence-electron chi connectivity index (χ4n) is 4.02. The molecule has 0 saturated heterocycles. The van der Waals surface area contributed by atoms with E-state index in [4.69, 9.17) is 16.6 Å². The number of rotatable bonds is 5. The third-order valence-corrected chi connectivity index (χ3v) is 5.87. The van der Waals surface area contributed by atoms with Gasteiger partial charge in [-0.2, -0.15) is 0 Å². The first-order chi connectivity index (χ1) is 15.1. The summed E-state index contributed by atoms with van der Waals surface area (Å²) in [6, 6.07) is 16.5. The van der Waals surface area contributed by atoms with Crippen LogP contribution in [0.3, 0.4) is 0 Å². The molecule has 0 saturated carbocycles. The summed E-state index contributed by atoms with van der Waals surface area (Å²) in [6.45, 7) is 4.97. The normalized spacial score (nSPS) is 12.5.